The van der Waals surface area contributed by atoms with Crippen molar-refractivity contribution in [1.29, 1.82) is 0 Å². The molecule has 3 rings (SSSR count). The lowest BCUT2D eigenvalue weighted by Gasteiger charge is -2.32. The maximum Gasteiger partial charge on any atom is 0.276 e. The molecule has 1 aliphatic heterocycles. The van der Waals surface area contributed by atoms with E-state index in [-0.39, 0.29) is 11.9 Å². The summed E-state index contributed by atoms with van der Waals surface area (Å²) in [5.74, 6) is 0.912. The molecule has 0 bridgehead atoms. The van der Waals surface area contributed by atoms with E-state index in [1.54, 1.807) is 4.90 Å². The van der Waals surface area contributed by atoms with Gasteiger partial charge in [0.2, 0.25) is 0 Å². The Morgan fingerprint density at radius 3 is 2.79 bits per heavy atom. The number of amides is 1. The summed E-state index contributed by atoms with van der Waals surface area (Å²) in [6, 6.07) is 8.46. The first-order valence-electron chi connectivity index (χ1n) is 10.3. The van der Waals surface area contributed by atoms with E-state index < -0.39 is 0 Å². The number of nitrogens with zero attached hydrogens (tertiary/aromatic N) is 5. The van der Waals surface area contributed by atoms with E-state index in [9.17, 15) is 4.79 Å². The van der Waals surface area contributed by atoms with E-state index >= 15 is 0 Å². The van der Waals surface area contributed by atoms with Gasteiger partial charge in [-0.25, -0.2) is 4.68 Å². The second kappa shape index (κ2) is 9.68. The summed E-state index contributed by atoms with van der Waals surface area (Å²) in [7, 11) is 0. The third-order valence-electron chi connectivity index (χ3n) is 5.30. The van der Waals surface area contributed by atoms with Crippen LogP contribution in [0.5, 0.6) is 5.75 Å². The molecule has 1 amide bonds. The molecule has 0 saturated carbocycles. The summed E-state index contributed by atoms with van der Waals surface area (Å²) in [6.07, 6.45) is 3.95. The highest BCUT2D eigenvalue weighted by molar-refractivity contribution is 5.91. The van der Waals surface area contributed by atoms with Gasteiger partial charge in [0, 0.05) is 31.7 Å². The number of aromatic nitrogens is 3. The lowest BCUT2D eigenvalue weighted by Crippen LogP contribution is -2.36. The molecule has 1 aromatic heterocycles. The quantitative estimate of drug-likeness (QED) is 0.699. The molecule has 7 heteroatoms. The fraction of sp³-hybridized carbons (Fsp3) is 0.571. The summed E-state index contributed by atoms with van der Waals surface area (Å²) in [5.41, 5.74) is 1.64. The minimum Gasteiger partial charge on any atom is -0.494 e. The van der Waals surface area contributed by atoms with Crippen LogP contribution in [0.25, 0.3) is 0 Å². The summed E-state index contributed by atoms with van der Waals surface area (Å²) in [4.78, 5) is 16.7. The highest BCUT2D eigenvalue weighted by Crippen LogP contribution is 2.25. The number of ether oxygens (including phenoxy) is 1. The number of hydrogen-bond donors (Lipinski definition) is 0. The maximum atomic E-state index is 12.5. The Bertz CT molecular complexity index is 772. The Morgan fingerprint density at radius 2 is 2.04 bits per heavy atom. The molecule has 1 saturated heterocycles. The fourth-order valence-corrected chi connectivity index (χ4v) is 3.79. The van der Waals surface area contributed by atoms with E-state index in [2.05, 4.69) is 27.3 Å². The third kappa shape index (κ3) is 4.70. The Labute approximate surface area is 167 Å². The monoisotopic (exact) mass is 385 g/mol. The standard InChI is InChI=1S/C21H31N5O2/c1-4-25(5-2)21(27)19-16-26(23-22-19)18-11-9-13-24(15-18)14-17-10-7-8-12-20(17)28-6-3/h7-8,10,12,16,18H,4-6,9,11,13-15H2,1-3H3. The maximum absolute atomic E-state index is 12.5. The summed E-state index contributed by atoms with van der Waals surface area (Å²) >= 11 is 0. The average Bonchev–Trinajstić information content (AvgIpc) is 3.21. The molecule has 28 heavy (non-hydrogen) atoms. The van der Waals surface area contributed by atoms with Crippen LogP contribution in [0.2, 0.25) is 0 Å². The number of hydrogen-bond acceptors (Lipinski definition) is 5. The van der Waals surface area contributed by atoms with Gasteiger partial charge in [-0.2, -0.15) is 0 Å². The zero-order valence-electron chi connectivity index (χ0n) is 17.2. The van der Waals surface area contributed by atoms with Gasteiger partial charge in [-0.3, -0.25) is 9.69 Å². The summed E-state index contributed by atoms with van der Waals surface area (Å²) < 4.78 is 7.64. The zero-order valence-corrected chi connectivity index (χ0v) is 17.2. The first-order chi connectivity index (χ1) is 13.7. The SMILES string of the molecule is CCOc1ccccc1CN1CCCC(n2cc(C(=O)N(CC)CC)nn2)C1. The van der Waals surface area contributed by atoms with Gasteiger partial charge >= 0.3 is 0 Å². The number of likely N-dealkylation sites (tertiary alicyclic amines) is 1. The van der Waals surface area contributed by atoms with Crippen LogP contribution in [0, 0.1) is 0 Å². The van der Waals surface area contributed by atoms with Gasteiger partial charge in [0.15, 0.2) is 5.69 Å². The molecule has 7 nitrogen and oxygen atoms in total. The van der Waals surface area contributed by atoms with Gasteiger partial charge in [0.25, 0.3) is 5.91 Å². The molecule has 2 aromatic rings. The van der Waals surface area contributed by atoms with Crippen LogP contribution in [-0.2, 0) is 6.54 Å². The van der Waals surface area contributed by atoms with E-state index in [1.165, 1.54) is 5.56 Å². The van der Waals surface area contributed by atoms with Crippen LogP contribution in [0.3, 0.4) is 0 Å². The fourth-order valence-electron chi connectivity index (χ4n) is 3.79. The molecule has 1 atom stereocenters. The second-order valence-corrected chi connectivity index (χ2v) is 7.13. The largest absolute Gasteiger partial charge is 0.494 e. The highest BCUT2D eigenvalue weighted by atomic mass is 16.5. The molecule has 2 heterocycles. The second-order valence-electron chi connectivity index (χ2n) is 7.13. The van der Waals surface area contributed by atoms with E-state index in [0.717, 1.165) is 38.2 Å². The molecule has 0 N–H and O–H groups in total. The molecule has 0 spiro atoms. The normalized spacial score (nSPS) is 17.5. The van der Waals surface area contributed by atoms with Gasteiger partial charge in [0.1, 0.15) is 5.75 Å². The number of para-hydroxylation sites is 1. The van der Waals surface area contributed by atoms with Crippen molar-refractivity contribution in [3.63, 3.8) is 0 Å². The van der Waals surface area contributed by atoms with Crippen molar-refractivity contribution < 1.29 is 9.53 Å². The Kier molecular flexibility index (Phi) is 7.03. The first kappa shape index (κ1) is 20.3. The number of carbonyl (C=O) groups excluding carboxylic acids is 1. The van der Waals surface area contributed by atoms with Crippen molar-refractivity contribution in [3.8, 4) is 5.75 Å². The van der Waals surface area contributed by atoms with Crippen molar-refractivity contribution in [3.05, 3.63) is 41.7 Å². The van der Waals surface area contributed by atoms with Crippen LogP contribution in [0.1, 0.15) is 55.7 Å². The topological polar surface area (TPSA) is 63.5 Å². The highest BCUT2D eigenvalue weighted by Gasteiger charge is 2.25. The third-order valence-corrected chi connectivity index (χ3v) is 5.30. The minimum absolute atomic E-state index is 0.0467. The van der Waals surface area contributed by atoms with Gasteiger partial charge in [-0.05, 0) is 46.2 Å². The molecule has 1 unspecified atom stereocenters. The van der Waals surface area contributed by atoms with Crippen molar-refractivity contribution in [2.75, 3.05) is 32.8 Å². The van der Waals surface area contributed by atoms with Crippen LogP contribution in [-0.4, -0.2) is 63.5 Å². The Morgan fingerprint density at radius 1 is 1.25 bits per heavy atom. The lowest BCUT2D eigenvalue weighted by atomic mass is 10.0. The van der Waals surface area contributed by atoms with Gasteiger partial charge < -0.3 is 9.64 Å². The van der Waals surface area contributed by atoms with E-state index in [1.807, 2.05) is 43.8 Å². The minimum atomic E-state index is -0.0467. The van der Waals surface area contributed by atoms with Crippen molar-refractivity contribution in [2.45, 2.75) is 46.2 Å². The zero-order chi connectivity index (χ0) is 19.9. The van der Waals surface area contributed by atoms with Crippen molar-refractivity contribution in [2.24, 2.45) is 0 Å². The average molecular weight is 386 g/mol. The van der Waals surface area contributed by atoms with Gasteiger partial charge in [-0.1, -0.05) is 23.4 Å². The Balaban J connectivity index is 1.66. The van der Waals surface area contributed by atoms with E-state index in [4.69, 9.17) is 4.74 Å². The van der Waals surface area contributed by atoms with Crippen LogP contribution < -0.4 is 4.74 Å². The van der Waals surface area contributed by atoms with Gasteiger partial charge in [0.05, 0.1) is 18.8 Å². The molecular formula is C21H31N5O2. The molecule has 1 fully saturated rings. The van der Waals surface area contributed by atoms with Crippen molar-refractivity contribution >= 4 is 5.91 Å². The predicted molar refractivity (Wildman–Crippen MR) is 108 cm³/mol. The smallest absolute Gasteiger partial charge is 0.276 e. The number of rotatable bonds is 8. The molecule has 0 radical (unpaired) electrons. The Hall–Kier alpha value is -2.41. The van der Waals surface area contributed by atoms with E-state index in [0.29, 0.717) is 25.4 Å². The van der Waals surface area contributed by atoms with Crippen LogP contribution in [0.15, 0.2) is 30.5 Å². The number of piperidine rings is 1. The molecule has 1 aliphatic rings. The van der Waals surface area contributed by atoms with Crippen molar-refractivity contribution in [1.82, 2.24) is 24.8 Å². The van der Waals surface area contributed by atoms with Crippen LogP contribution >= 0.6 is 0 Å². The first-order valence-corrected chi connectivity index (χ1v) is 10.3. The van der Waals surface area contributed by atoms with Gasteiger partial charge in [-0.15, -0.1) is 5.10 Å². The predicted octanol–water partition coefficient (Wildman–Crippen LogP) is 3.00. The number of benzene rings is 1. The molecule has 1 aromatic carbocycles. The summed E-state index contributed by atoms with van der Waals surface area (Å²) in [6.45, 7) is 10.8. The molecule has 152 valence electrons. The lowest BCUT2D eigenvalue weighted by molar-refractivity contribution is 0.0767. The summed E-state index contributed by atoms with van der Waals surface area (Å²) in [5, 5.41) is 8.41. The molecule has 0 aliphatic carbocycles. The number of carbonyl (C=O) groups is 1. The van der Waals surface area contributed by atoms with Crippen LogP contribution in [0.4, 0.5) is 0 Å². The molecular weight excluding hydrogens is 354 g/mol.